The lowest BCUT2D eigenvalue weighted by Crippen LogP contribution is -2.22. The molecule has 0 aliphatic carbocycles. The summed E-state index contributed by atoms with van der Waals surface area (Å²) in [6, 6.07) is 3.06. The normalized spacial score (nSPS) is 19.2. The molecule has 3 rings (SSSR count). The Balaban J connectivity index is 1.89. The minimum Gasteiger partial charge on any atom is -0.357 e. The van der Waals surface area contributed by atoms with Crippen molar-refractivity contribution in [1.82, 2.24) is 19.1 Å². The zero-order valence-electron chi connectivity index (χ0n) is 13.2. The Morgan fingerprint density at radius 2 is 2.17 bits per heavy atom. The molecule has 1 fully saturated rings. The van der Waals surface area contributed by atoms with E-state index in [1.807, 2.05) is 6.20 Å². The van der Waals surface area contributed by atoms with E-state index in [0.29, 0.717) is 5.69 Å². The van der Waals surface area contributed by atoms with E-state index in [-0.39, 0.29) is 11.1 Å². The van der Waals surface area contributed by atoms with E-state index in [1.54, 1.807) is 16.9 Å². The highest BCUT2D eigenvalue weighted by Gasteiger charge is 2.20. The van der Waals surface area contributed by atoms with E-state index in [1.165, 1.54) is 30.7 Å². The van der Waals surface area contributed by atoms with E-state index in [9.17, 15) is 8.42 Å². The van der Waals surface area contributed by atoms with Gasteiger partial charge in [0.15, 0.2) is 0 Å². The molecule has 1 atom stereocenters. The van der Waals surface area contributed by atoms with Crippen molar-refractivity contribution < 1.29 is 13.2 Å². The molecule has 0 bridgehead atoms. The van der Waals surface area contributed by atoms with E-state index in [0.717, 1.165) is 31.4 Å². The van der Waals surface area contributed by atoms with Crippen LogP contribution < -0.4 is 0 Å². The van der Waals surface area contributed by atoms with Crippen LogP contribution in [0.4, 0.5) is 0 Å². The van der Waals surface area contributed by atoms with Gasteiger partial charge in [0.05, 0.1) is 16.8 Å². The summed E-state index contributed by atoms with van der Waals surface area (Å²) >= 11 is 0. The Kier molecular flexibility index (Phi) is 4.47. The number of ether oxygens (including phenoxy) is 1. The van der Waals surface area contributed by atoms with Gasteiger partial charge in [-0.2, -0.15) is 5.10 Å². The van der Waals surface area contributed by atoms with Crippen molar-refractivity contribution in [3.8, 4) is 11.3 Å². The lowest BCUT2D eigenvalue weighted by atomic mass is 10.2. The van der Waals surface area contributed by atoms with Crippen LogP contribution in [0.1, 0.15) is 25.5 Å². The van der Waals surface area contributed by atoms with Gasteiger partial charge in [-0.15, -0.1) is 0 Å². The molecule has 0 radical (unpaired) electrons. The molecule has 23 heavy (non-hydrogen) atoms. The highest BCUT2D eigenvalue weighted by Crippen LogP contribution is 2.25. The fourth-order valence-electron chi connectivity index (χ4n) is 2.50. The maximum Gasteiger partial charge on any atom is 0.242 e. The summed E-state index contributed by atoms with van der Waals surface area (Å²) in [6.07, 6.45) is 8.12. The van der Waals surface area contributed by atoms with Gasteiger partial charge in [0.1, 0.15) is 6.23 Å². The average Bonchev–Trinajstić information content (AvgIpc) is 3.06. The first-order chi connectivity index (χ1) is 11.0. The molecule has 3 heterocycles. The van der Waals surface area contributed by atoms with Gasteiger partial charge in [-0.3, -0.25) is 4.98 Å². The summed E-state index contributed by atoms with van der Waals surface area (Å²) in [6.45, 7) is 0.745. The monoisotopic (exact) mass is 336 g/mol. The van der Waals surface area contributed by atoms with Crippen molar-refractivity contribution in [3.63, 3.8) is 0 Å². The van der Waals surface area contributed by atoms with Crippen molar-refractivity contribution in [1.29, 1.82) is 0 Å². The van der Waals surface area contributed by atoms with Crippen molar-refractivity contribution in [2.75, 3.05) is 20.7 Å². The van der Waals surface area contributed by atoms with Crippen LogP contribution in [0.25, 0.3) is 11.3 Å². The minimum atomic E-state index is -3.48. The third-order valence-corrected chi connectivity index (χ3v) is 5.67. The molecule has 2 aromatic rings. The summed E-state index contributed by atoms with van der Waals surface area (Å²) in [4.78, 5) is 4.48. The number of hydrogen-bond donors (Lipinski definition) is 0. The second-order valence-corrected chi connectivity index (χ2v) is 7.85. The number of sulfonamides is 1. The highest BCUT2D eigenvalue weighted by atomic mass is 32.2. The first-order valence-corrected chi connectivity index (χ1v) is 8.97. The molecule has 0 saturated carbocycles. The first kappa shape index (κ1) is 16.1. The van der Waals surface area contributed by atoms with Crippen LogP contribution in [0.5, 0.6) is 0 Å². The average molecular weight is 336 g/mol. The summed E-state index contributed by atoms with van der Waals surface area (Å²) in [5.74, 6) is 0. The Bertz CT molecular complexity index is 780. The fourth-order valence-corrected chi connectivity index (χ4v) is 3.42. The molecule has 124 valence electrons. The number of nitrogens with zero attached hydrogens (tertiary/aromatic N) is 4. The van der Waals surface area contributed by atoms with Crippen LogP contribution in [-0.2, 0) is 14.8 Å². The van der Waals surface area contributed by atoms with Gasteiger partial charge in [0, 0.05) is 38.7 Å². The Hall–Kier alpha value is -1.77. The lowest BCUT2D eigenvalue weighted by Gasteiger charge is -2.22. The molecule has 1 aliphatic rings. The van der Waals surface area contributed by atoms with E-state index in [4.69, 9.17) is 4.74 Å². The quantitative estimate of drug-likeness (QED) is 0.852. The van der Waals surface area contributed by atoms with Gasteiger partial charge in [-0.25, -0.2) is 17.4 Å². The maximum absolute atomic E-state index is 12.2. The number of hydrogen-bond acceptors (Lipinski definition) is 5. The lowest BCUT2D eigenvalue weighted by molar-refractivity contribution is -0.0394. The zero-order chi connectivity index (χ0) is 16.4. The molecule has 0 spiro atoms. The van der Waals surface area contributed by atoms with Crippen LogP contribution in [0.2, 0.25) is 0 Å². The summed E-state index contributed by atoms with van der Waals surface area (Å²) in [7, 11) is -0.464. The highest BCUT2D eigenvalue weighted by molar-refractivity contribution is 7.89. The Morgan fingerprint density at radius 3 is 2.87 bits per heavy atom. The predicted octanol–water partition coefficient (Wildman–Crippen LogP) is 1.89. The molecule has 0 aromatic carbocycles. The second-order valence-electron chi connectivity index (χ2n) is 5.69. The van der Waals surface area contributed by atoms with Crippen LogP contribution in [0.3, 0.4) is 0 Å². The third kappa shape index (κ3) is 3.29. The molecule has 8 heteroatoms. The van der Waals surface area contributed by atoms with Crippen LogP contribution in [0, 0.1) is 0 Å². The van der Waals surface area contributed by atoms with Gasteiger partial charge < -0.3 is 4.74 Å². The van der Waals surface area contributed by atoms with E-state index < -0.39 is 10.0 Å². The van der Waals surface area contributed by atoms with Gasteiger partial charge in [-0.05, 0) is 31.4 Å². The Labute approximate surface area is 135 Å². The molecular weight excluding hydrogens is 316 g/mol. The largest absolute Gasteiger partial charge is 0.357 e. The number of pyridine rings is 1. The SMILES string of the molecule is CN(C)S(=O)(=O)c1ccnc(-c2cnn(C3CCCCO3)c2)c1. The van der Waals surface area contributed by atoms with Crippen molar-refractivity contribution >= 4 is 10.0 Å². The Morgan fingerprint density at radius 1 is 1.35 bits per heavy atom. The van der Waals surface area contributed by atoms with Crippen molar-refractivity contribution in [2.45, 2.75) is 30.4 Å². The molecule has 7 nitrogen and oxygen atoms in total. The molecule has 1 aliphatic heterocycles. The van der Waals surface area contributed by atoms with Gasteiger partial charge in [0.25, 0.3) is 0 Å². The molecule has 1 saturated heterocycles. The second kappa shape index (κ2) is 6.38. The molecular formula is C15H20N4O3S. The van der Waals surface area contributed by atoms with Gasteiger partial charge in [0.2, 0.25) is 10.0 Å². The molecule has 0 N–H and O–H groups in total. The smallest absolute Gasteiger partial charge is 0.242 e. The summed E-state index contributed by atoms with van der Waals surface area (Å²) in [5.41, 5.74) is 1.35. The maximum atomic E-state index is 12.2. The van der Waals surface area contributed by atoms with Crippen LogP contribution in [0.15, 0.2) is 35.6 Å². The standard InChI is InChI=1S/C15H20N4O3S/c1-18(2)23(20,21)13-6-7-16-14(9-13)12-10-17-19(11-12)15-5-3-4-8-22-15/h6-7,9-11,15H,3-5,8H2,1-2H3. The topological polar surface area (TPSA) is 77.3 Å². The molecule has 2 aromatic heterocycles. The summed E-state index contributed by atoms with van der Waals surface area (Å²) < 4.78 is 33.1. The van der Waals surface area contributed by atoms with Crippen molar-refractivity contribution in [2.24, 2.45) is 0 Å². The number of aromatic nitrogens is 3. The van der Waals surface area contributed by atoms with Gasteiger partial charge >= 0.3 is 0 Å². The zero-order valence-corrected chi connectivity index (χ0v) is 14.0. The molecule has 0 amide bonds. The van der Waals surface area contributed by atoms with Crippen LogP contribution in [-0.4, -0.2) is 48.2 Å². The first-order valence-electron chi connectivity index (χ1n) is 7.53. The van der Waals surface area contributed by atoms with Crippen molar-refractivity contribution in [3.05, 3.63) is 30.7 Å². The third-order valence-electron chi connectivity index (χ3n) is 3.86. The number of rotatable bonds is 4. The predicted molar refractivity (Wildman–Crippen MR) is 85.2 cm³/mol. The summed E-state index contributed by atoms with van der Waals surface area (Å²) in [5, 5.41) is 4.34. The van der Waals surface area contributed by atoms with E-state index in [2.05, 4.69) is 10.1 Å². The molecule has 1 unspecified atom stereocenters. The fraction of sp³-hybridized carbons (Fsp3) is 0.467. The van der Waals surface area contributed by atoms with Gasteiger partial charge in [-0.1, -0.05) is 0 Å². The van der Waals surface area contributed by atoms with Crippen LogP contribution >= 0.6 is 0 Å². The minimum absolute atomic E-state index is 0.0498. The van der Waals surface area contributed by atoms with E-state index >= 15 is 0 Å².